The quantitative estimate of drug-likeness (QED) is 0.667. The van der Waals surface area contributed by atoms with Crippen LogP contribution in [0.15, 0.2) is 47.4 Å². The van der Waals surface area contributed by atoms with Gasteiger partial charge in [0, 0.05) is 19.1 Å². The number of amides is 1. The third-order valence-electron chi connectivity index (χ3n) is 5.38. The van der Waals surface area contributed by atoms with Gasteiger partial charge in [0.1, 0.15) is 11.5 Å². The predicted octanol–water partition coefficient (Wildman–Crippen LogP) is 3.76. The summed E-state index contributed by atoms with van der Waals surface area (Å²) in [4.78, 5) is 14.8. The van der Waals surface area contributed by atoms with Gasteiger partial charge in [-0.2, -0.15) is 0 Å². The second kappa shape index (κ2) is 10.2. The zero-order valence-electron chi connectivity index (χ0n) is 18.3. The van der Waals surface area contributed by atoms with E-state index < -0.39 is 16.1 Å². The molecule has 1 aliphatic rings. The fourth-order valence-electron chi connectivity index (χ4n) is 3.68. The number of nitrogens with one attached hydrogen (secondary N) is 1. The standard InChI is InChI=1S/C23H30N2O5S/c1-4-30-19-10-8-18(9-11-19)17(2)24-31(27,28)20-12-13-22(29-3)21(16-20)23(26)25-14-6-5-7-15-25/h8-13,16-17,24H,4-7,14-15H2,1-3H3/t17-/m1/s1. The van der Waals surface area contributed by atoms with Gasteiger partial charge in [-0.3, -0.25) is 4.79 Å². The molecule has 1 saturated heterocycles. The lowest BCUT2D eigenvalue weighted by Gasteiger charge is -2.27. The molecular formula is C23H30N2O5S. The molecule has 0 saturated carbocycles. The number of nitrogens with zero attached hydrogens (tertiary/aromatic N) is 1. The molecular weight excluding hydrogens is 416 g/mol. The van der Waals surface area contributed by atoms with Crippen molar-refractivity contribution >= 4 is 15.9 Å². The van der Waals surface area contributed by atoms with Crippen molar-refractivity contribution in [3.63, 3.8) is 0 Å². The first-order valence-corrected chi connectivity index (χ1v) is 12.1. The van der Waals surface area contributed by atoms with Gasteiger partial charge in [0.2, 0.25) is 10.0 Å². The van der Waals surface area contributed by atoms with E-state index in [0.29, 0.717) is 25.4 Å². The number of hydrogen-bond donors (Lipinski definition) is 1. The first-order valence-electron chi connectivity index (χ1n) is 10.6. The van der Waals surface area contributed by atoms with Gasteiger partial charge in [0.25, 0.3) is 5.91 Å². The molecule has 1 fully saturated rings. The van der Waals surface area contributed by atoms with E-state index in [-0.39, 0.29) is 16.4 Å². The normalized spacial score (nSPS) is 15.4. The van der Waals surface area contributed by atoms with Crippen molar-refractivity contribution in [3.05, 3.63) is 53.6 Å². The van der Waals surface area contributed by atoms with Crippen LogP contribution in [0.5, 0.6) is 11.5 Å². The Kier molecular flexibility index (Phi) is 7.56. The number of ether oxygens (including phenoxy) is 2. The molecule has 0 aliphatic carbocycles. The molecule has 1 N–H and O–H groups in total. The smallest absolute Gasteiger partial charge is 0.257 e. The van der Waals surface area contributed by atoms with E-state index in [1.54, 1.807) is 11.8 Å². The van der Waals surface area contributed by atoms with E-state index in [2.05, 4.69) is 4.72 Å². The first kappa shape index (κ1) is 23.1. The summed E-state index contributed by atoms with van der Waals surface area (Å²) >= 11 is 0. The molecule has 8 heteroatoms. The van der Waals surface area contributed by atoms with E-state index >= 15 is 0 Å². The maximum absolute atomic E-state index is 13.0. The summed E-state index contributed by atoms with van der Waals surface area (Å²) in [6, 6.07) is 11.2. The minimum Gasteiger partial charge on any atom is -0.496 e. The number of sulfonamides is 1. The Morgan fingerprint density at radius 2 is 1.77 bits per heavy atom. The third kappa shape index (κ3) is 5.57. The van der Waals surface area contributed by atoms with Crippen LogP contribution in [0.2, 0.25) is 0 Å². The molecule has 1 aliphatic heterocycles. The molecule has 3 rings (SSSR count). The van der Waals surface area contributed by atoms with Gasteiger partial charge >= 0.3 is 0 Å². The van der Waals surface area contributed by atoms with Crippen molar-refractivity contribution in [1.29, 1.82) is 0 Å². The first-order chi connectivity index (χ1) is 14.9. The lowest BCUT2D eigenvalue weighted by atomic mass is 10.1. The zero-order chi connectivity index (χ0) is 22.4. The molecule has 31 heavy (non-hydrogen) atoms. The lowest BCUT2D eigenvalue weighted by molar-refractivity contribution is 0.0720. The number of likely N-dealkylation sites (tertiary alicyclic amines) is 1. The van der Waals surface area contributed by atoms with E-state index in [0.717, 1.165) is 30.6 Å². The van der Waals surface area contributed by atoms with Crippen molar-refractivity contribution in [2.75, 3.05) is 26.8 Å². The second-order valence-corrected chi connectivity index (χ2v) is 9.27. The highest BCUT2D eigenvalue weighted by Crippen LogP contribution is 2.26. The SMILES string of the molecule is CCOc1ccc([C@@H](C)NS(=O)(=O)c2ccc(OC)c(C(=O)N3CCCCC3)c2)cc1. The third-order valence-corrected chi connectivity index (χ3v) is 6.92. The molecule has 0 unspecified atom stereocenters. The van der Waals surface area contributed by atoms with E-state index in [9.17, 15) is 13.2 Å². The molecule has 1 heterocycles. The lowest BCUT2D eigenvalue weighted by Crippen LogP contribution is -2.36. The van der Waals surface area contributed by atoms with Crippen molar-refractivity contribution in [1.82, 2.24) is 9.62 Å². The molecule has 2 aromatic rings. The van der Waals surface area contributed by atoms with Crippen molar-refractivity contribution in [2.45, 2.75) is 44.0 Å². The molecule has 168 valence electrons. The average molecular weight is 447 g/mol. The summed E-state index contributed by atoms with van der Waals surface area (Å²) in [7, 11) is -2.37. The summed E-state index contributed by atoms with van der Waals surface area (Å²) in [5.74, 6) is 0.902. The Labute approximate surface area is 184 Å². The van der Waals surface area contributed by atoms with Gasteiger partial charge in [0.05, 0.1) is 24.2 Å². The van der Waals surface area contributed by atoms with Gasteiger partial charge < -0.3 is 14.4 Å². The van der Waals surface area contributed by atoms with Gasteiger partial charge in [0.15, 0.2) is 0 Å². The van der Waals surface area contributed by atoms with Crippen LogP contribution in [-0.2, 0) is 10.0 Å². The summed E-state index contributed by atoms with van der Waals surface area (Å²) < 4.78 is 39.5. The summed E-state index contributed by atoms with van der Waals surface area (Å²) in [6.45, 7) is 5.59. The van der Waals surface area contributed by atoms with Crippen LogP contribution in [0.25, 0.3) is 0 Å². The molecule has 1 atom stereocenters. The minimum atomic E-state index is -3.85. The molecule has 1 amide bonds. The zero-order valence-corrected chi connectivity index (χ0v) is 19.1. The summed E-state index contributed by atoms with van der Waals surface area (Å²) in [5.41, 5.74) is 1.08. The number of rotatable bonds is 8. The number of benzene rings is 2. The topological polar surface area (TPSA) is 84.9 Å². The van der Waals surface area contributed by atoms with Gasteiger partial charge in [-0.25, -0.2) is 13.1 Å². The Morgan fingerprint density at radius 3 is 2.39 bits per heavy atom. The fraction of sp³-hybridized carbons (Fsp3) is 0.435. The van der Waals surface area contributed by atoms with Crippen LogP contribution in [0, 0.1) is 0 Å². The van der Waals surface area contributed by atoms with Gasteiger partial charge in [-0.1, -0.05) is 12.1 Å². The van der Waals surface area contributed by atoms with Crippen LogP contribution < -0.4 is 14.2 Å². The highest BCUT2D eigenvalue weighted by atomic mass is 32.2. The molecule has 7 nitrogen and oxygen atoms in total. The van der Waals surface area contributed by atoms with E-state index in [1.807, 2.05) is 31.2 Å². The number of carbonyl (C=O) groups is 1. The summed E-state index contributed by atoms with van der Waals surface area (Å²) in [5, 5.41) is 0. The van der Waals surface area contributed by atoms with E-state index in [1.165, 1.54) is 25.3 Å². The van der Waals surface area contributed by atoms with Crippen LogP contribution in [0.1, 0.15) is 55.1 Å². The van der Waals surface area contributed by atoms with Crippen molar-refractivity contribution < 1.29 is 22.7 Å². The van der Waals surface area contributed by atoms with Crippen molar-refractivity contribution in [3.8, 4) is 11.5 Å². The number of hydrogen-bond acceptors (Lipinski definition) is 5. The van der Waals surface area contributed by atoms with Crippen molar-refractivity contribution in [2.24, 2.45) is 0 Å². The Hall–Kier alpha value is -2.58. The minimum absolute atomic E-state index is 0.0337. The Bertz CT molecular complexity index is 999. The summed E-state index contributed by atoms with van der Waals surface area (Å²) in [6.07, 6.45) is 3.00. The van der Waals surface area contributed by atoms with Gasteiger partial charge in [-0.15, -0.1) is 0 Å². The number of methoxy groups -OCH3 is 1. The molecule has 0 spiro atoms. The maximum atomic E-state index is 13.0. The number of carbonyl (C=O) groups excluding carboxylic acids is 1. The van der Waals surface area contributed by atoms with Crippen LogP contribution in [0.3, 0.4) is 0 Å². The highest BCUT2D eigenvalue weighted by molar-refractivity contribution is 7.89. The maximum Gasteiger partial charge on any atom is 0.257 e. The Balaban J connectivity index is 1.82. The predicted molar refractivity (Wildman–Crippen MR) is 119 cm³/mol. The van der Waals surface area contributed by atoms with Gasteiger partial charge in [-0.05, 0) is 69.0 Å². The number of piperidine rings is 1. The largest absolute Gasteiger partial charge is 0.496 e. The second-order valence-electron chi connectivity index (χ2n) is 7.56. The fourth-order valence-corrected chi connectivity index (χ4v) is 4.93. The highest BCUT2D eigenvalue weighted by Gasteiger charge is 2.25. The molecule has 0 aromatic heterocycles. The van der Waals surface area contributed by atoms with Crippen LogP contribution in [-0.4, -0.2) is 46.0 Å². The molecule has 2 aromatic carbocycles. The molecule has 0 radical (unpaired) electrons. The Morgan fingerprint density at radius 1 is 1.10 bits per heavy atom. The monoisotopic (exact) mass is 446 g/mol. The van der Waals surface area contributed by atoms with Crippen LogP contribution in [0.4, 0.5) is 0 Å². The molecule has 0 bridgehead atoms. The van der Waals surface area contributed by atoms with E-state index in [4.69, 9.17) is 9.47 Å². The average Bonchev–Trinajstić information content (AvgIpc) is 2.79. The van der Waals surface area contributed by atoms with Crippen LogP contribution >= 0.6 is 0 Å².